The molecule has 3 aliphatic rings. The van der Waals surface area contributed by atoms with Crippen LogP contribution in [0.5, 0.6) is 0 Å². The molecule has 0 amide bonds. The van der Waals surface area contributed by atoms with Crippen molar-refractivity contribution in [2.45, 2.75) is 24.7 Å². The quantitative estimate of drug-likeness (QED) is 0.147. The van der Waals surface area contributed by atoms with Crippen molar-refractivity contribution in [3.05, 3.63) is 318 Å². The number of nitrogens with zero attached hydrogens (tertiary/aromatic N) is 1. The summed E-state index contributed by atoms with van der Waals surface area (Å²) in [5, 5.41) is 0. The zero-order chi connectivity index (χ0) is 51.2. The highest BCUT2D eigenvalue weighted by Gasteiger charge is 2.51. The van der Waals surface area contributed by atoms with E-state index in [1.165, 1.54) is 117 Å². The molecule has 0 N–H and O–H groups in total. The maximum Gasteiger partial charge on any atom is 0.0725 e. The van der Waals surface area contributed by atoms with E-state index in [1.807, 2.05) is 0 Å². The summed E-state index contributed by atoms with van der Waals surface area (Å²) in [6.07, 6.45) is 0. The summed E-state index contributed by atoms with van der Waals surface area (Å²) >= 11 is 0. The van der Waals surface area contributed by atoms with Gasteiger partial charge >= 0.3 is 0 Å². The Bertz CT molecular complexity index is 4260. The number of rotatable bonds is 8. The molecule has 0 bridgehead atoms. The lowest BCUT2D eigenvalue weighted by molar-refractivity contribution is 0.660. The fraction of sp³-hybridized carbons (Fsp3) is 0.0526. The molecule has 3 aliphatic carbocycles. The van der Waals surface area contributed by atoms with Gasteiger partial charge in [0.25, 0.3) is 0 Å². The smallest absolute Gasteiger partial charge is 0.0725 e. The second-order valence-corrected chi connectivity index (χ2v) is 21.4. The summed E-state index contributed by atoms with van der Waals surface area (Å²) in [7, 11) is 0. The molecule has 0 aliphatic heterocycles. The van der Waals surface area contributed by atoms with Gasteiger partial charge in [0.15, 0.2) is 0 Å². The van der Waals surface area contributed by atoms with Crippen LogP contribution in [0, 0.1) is 0 Å². The van der Waals surface area contributed by atoms with Gasteiger partial charge in [0.1, 0.15) is 0 Å². The third-order valence-corrected chi connectivity index (χ3v) is 17.2. The summed E-state index contributed by atoms with van der Waals surface area (Å²) in [6, 6.07) is 106. The van der Waals surface area contributed by atoms with Crippen molar-refractivity contribution >= 4 is 17.1 Å². The average molecular weight is 980 g/mol. The molecule has 0 saturated carbocycles. The molecule has 1 nitrogen and oxygen atoms in total. The van der Waals surface area contributed by atoms with E-state index in [-0.39, 0.29) is 10.8 Å². The van der Waals surface area contributed by atoms with Crippen LogP contribution >= 0.6 is 0 Å². The van der Waals surface area contributed by atoms with Gasteiger partial charge in [-0.05, 0) is 142 Å². The highest BCUT2D eigenvalue weighted by Crippen LogP contribution is 2.63. The highest BCUT2D eigenvalue weighted by atomic mass is 15.1. The lowest BCUT2D eigenvalue weighted by Crippen LogP contribution is -2.25. The van der Waals surface area contributed by atoms with Crippen molar-refractivity contribution in [2.24, 2.45) is 0 Å². The fourth-order valence-electron chi connectivity index (χ4n) is 13.8. The summed E-state index contributed by atoms with van der Waals surface area (Å²) in [5.74, 6) is 0. The summed E-state index contributed by atoms with van der Waals surface area (Å²) in [5.41, 5.74) is 30.7. The molecule has 0 radical (unpaired) electrons. The molecule has 0 fully saturated rings. The van der Waals surface area contributed by atoms with Gasteiger partial charge in [-0.3, -0.25) is 0 Å². The highest BCUT2D eigenvalue weighted by molar-refractivity contribution is 6.02. The van der Waals surface area contributed by atoms with Gasteiger partial charge in [0, 0.05) is 22.2 Å². The van der Waals surface area contributed by atoms with Gasteiger partial charge in [0.05, 0.1) is 16.8 Å². The minimum atomic E-state index is -0.373. The van der Waals surface area contributed by atoms with Crippen LogP contribution in [0.2, 0.25) is 0 Å². The predicted molar refractivity (Wildman–Crippen MR) is 322 cm³/mol. The zero-order valence-electron chi connectivity index (χ0n) is 43.1. The summed E-state index contributed by atoms with van der Waals surface area (Å²) in [4.78, 5) is 2.51. The molecule has 0 atom stereocenters. The van der Waals surface area contributed by atoms with Crippen LogP contribution < -0.4 is 4.90 Å². The molecule has 12 aromatic carbocycles. The third kappa shape index (κ3) is 6.67. The molecular formula is C76H53N. The Morgan fingerprint density at radius 1 is 0.234 bits per heavy atom. The SMILES string of the molecule is CC1(C)c2ccccc2-c2c(-c3ccccc3N(c3ccc(-c4ccc5c(c4)-c4ccccc4C54c5ccccc5-c5ccccc54)cc3)c3ccccc3-c3ccccc3-c3ccccc3-c3ccccc3)cccc21. The number of hydrogen-bond donors (Lipinski definition) is 0. The van der Waals surface area contributed by atoms with Crippen molar-refractivity contribution in [1.29, 1.82) is 0 Å². The molecule has 1 spiro atoms. The second-order valence-electron chi connectivity index (χ2n) is 21.4. The first-order chi connectivity index (χ1) is 38.0. The van der Waals surface area contributed by atoms with E-state index in [9.17, 15) is 0 Å². The van der Waals surface area contributed by atoms with E-state index in [0.717, 1.165) is 22.6 Å². The Kier molecular flexibility index (Phi) is 10.2. The van der Waals surface area contributed by atoms with Crippen LogP contribution in [0.3, 0.4) is 0 Å². The first kappa shape index (κ1) is 44.9. The first-order valence-electron chi connectivity index (χ1n) is 27.0. The van der Waals surface area contributed by atoms with Crippen LogP contribution in [0.25, 0.3) is 89.0 Å². The van der Waals surface area contributed by atoms with Crippen LogP contribution in [0.4, 0.5) is 17.1 Å². The van der Waals surface area contributed by atoms with Crippen LogP contribution in [-0.2, 0) is 10.8 Å². The van der Waals surface area contributed by atoms with Crippen molar-refractivity contribution in [3.63, 3.8) is 0 Å². The molecule has 77 heavy (non-hydrogen) atoms. The number of benzene rings is 12. The molecule has 12 aromatic rings. The zero-order valence-corrected chi connectivity index (χ0v) is 43.1. The van der Waals surface area contributed by atoms with Crippen molar-refractivity contribution < 1.29 is 0 Å². The van der Waals surface area contributed by atoms with Crippen LogP contribution in [0.15, 0.2) is 285 Å². The summed E-state index contributed by atoms with van der Waals surface area (Å²) < 4.78 is 0. The molecule has 0 heterocycles. The molecule has 15 rings (SSSR count). The van der Waals surface area contributed by atoms with Gasteiger partial charge in [-0.2, -0.15) is 0 Å². The summed E-state index contributed by atoms with van der Waals surface area (Å²) in [6.45, 7) is 4.74. The standard InChI is InChI=1S/C76H53N/c1-75(2)66-36-16-13-34-64(66)74-63(35-22-40-71(74)75)62-33-15-21-42-73(62)77(72-41-20-14-32-61(72)57-28-9-8-27-56(57)55-26-7-6-25-54(55)51-23-4-3-5-24-51)53-46-43-50(44-47-53)52-45-48-70-65(49-52)60-31-12-19-39-69(60)76(70)67-37-17-10-29-58(67)59-30-11-18-38-68(59)76/h3-49H,1-2H3. The second kappa shape index (κ2) is 17.5. The van der Waals surface area contributed by atoms with E-state index in [4.69, 9.17) is 0 Å². The van der Waals surface area contributed by atoms with Crippen LogP contribution in [-0.4, -0.2) is 0 Å². The third-order valence-electron chi connectivity index (χ3n) is 17.2. The Morgan fingerprint density at radius 2 is 0.623 bits per heavy atom. The van der Waals surface area contributed by atoms with Gasteiger partial charge < -0.3 is 4.90 Å². The number of fused-ring (bicyclic) bond motifs is 13. The fourth-order valence-corrected chi connectivity index (χ4v) is 13.8. The predicted octanol–water partition coefficient (Wildman–Crippen LogP) is 20.1. The minimum absolute atomic E-state index is 0.134. The largest absolute Gasteiger partial charge is 0.309 e. The monoisotopic (exact) mass is 979 g/mol. The van der Waals surface area contributed by atoms with Crippen LogP contribution in [0.1, 0.15) is 47.2 Å². The normalized spacial score (nSPS) is 13.5. The molecule has 0 unspecified atom stereocenters. The van der Waals surface area contributed by atoms with Gasteiger partial charge in [-0.25, -0.2) is 0 Å². The molecule has 1 heteroatoms. The Balaban J connectivity index is 0.911. The van der Waals surface area contributed by atoms with Crippen molar-refractivity contribution in [1.82, 2.24) is 0 Å². The van der Waals surface area contributed by atoms with E-state index < -0.39 is 0 Å². The van der Waals surface area contributed by atoms with Gasteiger partial charge in [0.2, 0.25) is 0 Å². The number of para-hydroxylation sites is 2. The van der Waals surface area contributed by atoms with E-state index in [2.05, 4.69) is 304 Å². The van der Waals surface area contributed by atoms with E-state index in [0.29, 0.717) is 0 Å². The molecule has 0 saturated heterocycles. The maximum atomic E-state index is 2.51. The minimum Gasteiger partial charge on any atom is -0.309 e. The Hall–Kier alpha value is -9.56. The van der Waals surface area contributed by atoms with E-state index >= 15 is 0 Å². The average Bonchev–Trinajstić information content (AvgIpc) is 4.09. The number of hydrogen-bond acceptors (Lipinski definition) is 1. The van der Waals surface area contributed by atoms with Gasteiger partial charge in [-0.15, -0.1) is 0 Å². The van der Waals surface area contributed by atoms with Crippen molar-refractivity contribution in [2.75, 3.05) is 4.90 Å². The topological polar surface area (TPSA) is 3.24 Å². The maximum absolute atomic E-state index is 2.51. The molecule has 362 valence electrons. The van der Waals surface area contributed by atoms with E-state index in [1.54, 1.807) is 0 Å². The molecular weight excluding hydrogens is 927 g/mol. The molecule has 0 aromatic heterocycles. The van der Waals surface area contributed by atoms with Crippen molar-refractivity contribution in [3.8, 4) is 89.0 Å². The first-order valence-corrected chi connectivity index (χ1v) is 27.0. The lowest BCUT2D eigenvalue weighted by atomic mass is 9.70. The van der Waals surface area contributed by atoms with Gasteiger partial charge in [-0.1, -0.05) is 269 Å². The Labute approximate surface area is 451 Å². The lowest BCUT2D eigenvalue weighted by Gasteiger charge is -2.31. The number of anilines is 3. The Morgan fingerprint density at radius 3 is 1.22 bits per heavy atom.